The number of ether oxygens (including phenoxy) is 1. The second-order valence-corrected chi connectivity index (χ2v) is 10.0. The minimum atomic E-state index is -0.880. The van der Waals surface area contributed by atoms with Crippen LogP contribution in [0.4, 0.5) is 4.79 Å². The van der Waals surface area contributed by atoms with Crippen molar-refractivity contribution >= 4 is 18.0 Å². The van der Waals surface area contributed by atoms with E-state index in [9.17, 15) is 19.5 Å². The van der Waals surface area contributed by atoms with Crippen LogP contribution in [0.1, 0.15) is 71.9 Å². The lowest BCUT2D eigenvalue weighted by atomic mass is 9.79. The Labute approximate surface area is 219 Å². The van der Waals surface area contributed by atoms with Gasteiger partial charge in [0.25, 0.3) is 5.91 Å². The van der Waals surface area contributed by atoms with Gasteiger partial charge in [0, 0.05) is 56.3 Å². The molecule has 8 heteroatoms. The molecule has 1 aliphatic rings. The topological polar surface area (TPSA) is 90.4 Å². The zero-order chi connectivity index (χ0) is 27.2. The zero-order valence-corrected chi connectivity index (χ0v) is 22.6. The summed E-state index contributed by atoms with van der Waals surface area (Å²) in [7, 11) is 1.37. The first-order chi connectivity index (χ1) is 17.6. The summed E-state index contributed by atoms with van der Waals surface area (Å²) in [5.41, 5.74) is 2.94. The highest BCUT2D eigenvalue weighted by molar-refractivity contribution is 5.94. The first kappa shape index (κ1) is 28.2. The number of hydrogen-bond acceptors (Lipinski definition) is 5. The smallest absolute Gasteiger partial charge is 0.407 e. The number of rotatable bonds is 9. The van der Waals surface area contributed by atoms with E-state index in [1.807, 2.05) is 56.3 Å². The highest BCUT2D eigenvalue weighted by atomic mass is 16.5. The molecule has 1 unspecified atom stereocenters. The van der Waals surface area contributed by atoms with Crippen LogP contribution in [0.5, 0.6) is 0 Å². The van der Waals surface area contributed by atoms with Crippen molar-refractivity contribution in [2.45, 2.75) is 45.6 Å². The lowest BCUT2D eigenvalue weighted by molar-refractivity contribution is 0.0451. The van der Waals surface area contributed by atoms with Crippen molar-refractivity contribution in [2.75, 3.05) is 46.4 Å². The monoisotopic (exact) mass is 509 g/mol. The fraction of sp³-hybridized carbons (Fsp3) is 0.483. The highest BCUT2D eigenvalue weighted by Gasteiger charge is 2.34. The van der Waals surface area contributed by atoms with Crippen molar-refractivity contribution in [2.24, 2.45) is 0 Å². The van der Waals surface area contributed by atoms with Crippen LogP contribution >= 0.6 is 0 Å². The van der Waals surface area contributed by atoms with Gasteiger partial charge in [-0.15, -0.1) is 0 Å². The number of amides is 2. The quantitative estimate of drug-likeness (QED) is 0.499. The van der Waals surface area contributed by atoms with E-state index in [2.05, 4.69) is 18.7 Å². The molecule has 2 amide bonds. The molecule has 2 aromatic rings. The number of hydrogen-bond donors (Lipinski definition) is 1. The normalized spacial score (nSPS) is 15.2. The summed E-state index contributed by atoms with van der Waals surface area (Å²) in [6, 6.07) is 15.3. The molecule has 8 nitrogen and oxygen atoms in total. The number of benzene rings is 2. The van der Waals surface area contributed by atoms with Gasteiger partial charge in [0.2, 0.25) is 0 Å². The van der Waals surface area contributed by atoms with Gasteiger partial charge in [-0.1, -0.05) is 24.3 Å². The largest absolute Gasteiger partial charge is 0.465 e. The predicted molar refractivity (Wildman–Crippen MR) is 143 cm³/mol. The summed E-state index contributed by atoms with van der Waals surface area (Å²) in [5, 5.41) is 9.33. The molecule has 1 fully saturated rings. The molecule has 37 heavy (non-hydrogen) atoms. The first-order valence-electron chi connectivity index (χ1n) is 12.9. The number of nitrogens with zero attached hydrogens (tertiary/aromatic N) is 3. The van der Waals surface area contributed by atoms with Crippen molar-refractivity contribution in [3.63, 3.8) is 0 Å². The minimum Gasteiger partial charge on any atom is -0.465 e. The summed E-state index contributed by atoms with van der Waals surface area (Å²) >= 11 is 0. The Morgan fingerprint density at radius 3 is 2.11 bits per heavy atom. The first-order valence-corrected chi connectivity index (χ1v) is 12.9. The second-order valence-electron chi connectivity index (χ2n) is 10.0. The van der Waals surface area contributed by atoms with E-state index in [-0.39, 0.29) is 23.3 Å². The maximum Gasteiger partial charge on any atom is 0.407 e. The van der Waals surface area contributed by atoms with Crippen LogP contribution in [0, 0.1) is 0 Å². The van der Waals surface area contributed by atoms with Crippen molar-refractivity contribution < 1.29 is 24.2 Å². The third-order valence-corrected chi connectivity index (χ3v) is 7.43. The SMILES string of the molecule is CCN(CC)C(=O)c1ccc(C(CC(C)(C)N2CCN(C(=O)O)CC2)c2cccc(C(=O)OC)c2)cc1. The average Bonchev–Trinajstić information content (AvgIpc) is 2.92. The molecule has 1 heterocycles. The Morgan fingerprint density at radius 1 is 0.946 bits per heavy atom. The van der Waals surface area contributed by atoms with Gasteiger partial charge in [-0.05, 0) is 69.5 Å². The van der Waals surface area contributed by atoms with Crippen LogP contribution in [0.25, 0.3) is 0 Å². The molecule has 1 saturated heterocycles. The Morgan fingerprint density at radius 2 is 1.57 bits per heavy atom. The van der Waals surface area contributed by atoms with Crippen LogP contribution in [0.15, 0.2) is 48.5 Å². The number of carbonyl (C=O) groups is 3. The van der Waals surface area contributed by atoms with Crippen LogP contribution in [0.3, 0.4) is 0 Å². The van der Waals surface area contributed by atoms with E-state index in [0.29, 0.717) is 50.4 Å². The van der Waals surface area contributed by atoms with E-state index in [0.717, 1.165) is 17.5 Å². The van der Waals surface area contributed by atoms with Gasteiger partial charge in [0.1, 0.15) is 0 Å². The van der Waals surface area contributed by atoms with Gasteiger partial charge < -0.3 is 19.6 Å². The fourth-order valence-corrected chi connectivity index (χ4v) is 5.11. The van der Waals surface area contributed by atoms with E-state index >= 15 is 0 Å². The summed E-state index contributed by atoms with van der Waals surface area (Å²) in [5.74, 6) is -0.419. The molecule has 0 aromatic heterocycles. The Hall–Kier alpha value is -3.39. The van der Waals surface area contributed by atoms with Gasteiger partial charge in [-0.25, -0.2) is 9.59 Å². The molecule has 0 aliphatic carbocycles. The van der Waals surface area contributed by atoms with Gasteiger partial charge >= 0.3 is 12.1 Å². The molecule has 1 aliphatic heterocycles. The summed E-state index contributed by atoms with van der Waals surface area (Å²) < 4.78 is 4.95. The zero-order valence-electron chi connectivity index (χ0n) is 22.6. The van der Waals surface area contributed by atoms with Crippen LogP contribution < -0.4 is 0 Å². The molecular formula is C29H39N3O5. The summed E-state index contributed by atoms with van der Waals surface area (Å²) in [6.45, 7) is 11.9. The van der Waals surface area contributed by atoms with Gasteiger partial charge in [0.05, 0.1) is 12.7 Å². The predicted octanol–water partition coefficient (Wildman–Crippen LogP) is 4.55. The maximum atomic E-state index is 12.8. The average molecular weight is 510 g/mol. The van der Waals surface area contributed by atoms with Crippen LogP contribution in [0.2, 0.25) is 0 Å². The van der Waals surface area contributed by atoms with Gasteiger partial charge in [-0.2, -0.15) is 0 Å². The van der Waals surface area contributed by atoms with Crippen molar-refractivity contribution in [1.29, 1.82) is 0 Å². The van der Waals surface area contributed by atoms with Gasteiger partial charge in [-0.3, -0.25) is 9.69 Å². The molecule has 1 N–H and O–H groups in total. The lowest BCUT2D eigenvalue weighted by Crippen LogP contribution is -2.55. The standard InChI is InChI=1S/C29H39N3O5/c1-6-30(7-2)26(33)22-13-11-21(12-14-22)25(23-9-8-10-24(19-23)27(34)37-5)20-29(3,4)32-17-15-31(16-18-32)28(35)36/h8-14,19,25H,6-7,15-18,20H2,1-5H3,(H,35,36). The second kappa shape index (κ2) is 12.2. The number of carboxylic acid groups (broad SMARTS) is 1. The third kappa shape index (κ3) is 6.68. The van der Waals surface area contributed by atoms with Crippen LogP contribution in [-0.4, -0.2) is 89.7 Å². The Balaban J connectivity index is 1.93. The molecule has 0 spiro atoms. The fourth-order valence-electron chi connectivity index (χ4n) is 5.11. The molecule has 1 atom stereocenters. The van der Waals surface area contributed by atoms with Crippen molar-refractivity contribution in [1.82, 2.24) is 14.7 Å². The van der Waals surface area contributed by atoms with Gasteiger partial charge in [0.15, 0.2) is 0 Å². The Bertz CT molecular complexity index is 1090. The number of esters is 1. The van der Waals surface area contributed by atoms with E-state index in [1.165, 1.54) is 12.0 Å². The summed E-state index contributed by atoms with van der Waals surface area (Å²) in [6.07, 6.45) is -0.136. The molecule has 0 saturated carbocycles. The minimum absolute atomic E-state index is 0.0115. The number of piperazine rings is 1. The van der Waals surface area contributed by atoms with E-state index in [1.54, 1.807) is 11.0 Å². The molecule has 0 radical (unpaired) electrons. The maximum absolute atomic E-state index is 12.8. The van der Waals surface area contributed by atoms with E-state index < -0.39 is 6.09 Å². The molecular weight excluding hydrogens is 470 g/mol. The number of methoxy groups -OCH3 is 1. The molecule has 0 bridgehead atoms. The van der Waals surface area contributed by atoms with Crippen molar-refractivity contribution in [3.8, 4) is 0 Å². The summed E-state index contributed by atoms with van der Waals surface area (Å²) in [4.78, 5) is 42.1. The lowest BCUT2D eigenvalue weighted by Gasteiger charge is -2.45. The molecule has 2 aromatic carbocycles. The molecule has 200 valence electrons. The van der Waals surface area contributed by atoms with Crippen molar-refractivity contribution in [3.05, 3.63) is 70.8 Å². The third-order valence-electron chi connectivity index (χ3n) is 7.43. The molecule has 3 rings (SSSR count). The highest BCUT2D eigenvalue weighted by Crippen LogP contribution is 2.36. The number of carbonyl (C=O) groups excluding carboxylic acids is 2. The van der Waals surface area contributed by atoms with Crippen LogP contribution in [-0.2, 0) is 4.74 Å². The Kier molecular flexibility index (Phi) is 9.32. The van der Waals surface area contributed by atoms with E-state index in [4.69, 9.17) is 4.74 Å².